The highest BCUT2D eigenvalue weighted by atomic mass is 16.6. The lowest BCUT2D eigenvalue weighted by molar-refractivity contribution is -0.120. The van der Waals surface area contributed by atoms with Gasteiger partial charge >= 0.3 is 6.09 Å². The Balaban J connectivity index is 2.20. The summed E-state index contributed by atoms with van der Waals surface area (Å²) in [5.74, 6) is 0.604. The molecule has 0 atom stereocenters. The van der Waals surface area contributed by atoms with Crippen LogP contribution in [0.25, 0.3) is 0 Å². The molecular formula is C20H31N3O3. The van der Waals surface area contributed by atoms with Crippen molar-refractivity contribution in [1.82, 2.24) is 10.3 Å². The first kappa shape index (κ1) is 20.2. The number of aryl methyl sites for hydroxylation is 1. The Bertz CT molecular complexity index is 665. The lowest BCUT2D eigenvalue weighted by Crippen LogP contribution is -2.40. The van der Waals surface area contributed by atoms with Crippen LogP contribution in [0.1, 0.15) is 63.8 Å². The first-order valence-electron chi connectivity index (χ1n) is 9.48. The maximum Gasteiger partial charge on any atom is 0.416 e. The first-order chi connectivity index (χ1) is 12.2. The Kier molecular flexibility index (Phi) is 6.62. The lowest BCUT2D eigenvalue weighted by atomic mass is 9.99. The number of ether oxygens (including phenoxy) is 1. The molecule has 1 aromatic heterocycles. The Morgan fingerprint density at radius 3 is 2.73 bits per heavy atom. The van der Waals surface area contributed by atoms with E-state index in [4.69, 9.17) is 4.74 Å². The van der Waals surface area contributed by atoms with Crippen LogP contribution in [0.5, 0.6) is 0 Å². The van der Waals surface area contributed by atoms with Crippen molar-refractivity contribution in [1.29, 1.82) is 0 Å². The molecule has 2 heterocycles. The van der Waals surface area contributed by atoms with E-state index in [2.05, 4.69) is 17.2 Å². The van der Waals surface area contributed by atoms with Gasteiger partial charge in [-0.15, -0.1) is 0 Å². The van der Waals surface area contributed by atoms with E-state index in [-0.39, 0.29) is 18.4 Å². The van der Waals surface area contributed by atoms with Gasteiger partial charge in [-0.3, -0.25) is 9.69 Å². The van der Waals surface area contributed by atoms with Crippen molar-refractivity contribution >= 4 is 17.8 Å². The third kappa shape index (κ3) is 5.44. The Hall–Kier alpha value is -2.11. The molecule has 0 fully saturated rings. The number of nitrogens with zero attached hydrogens (tertiary/aromatic N) is 2. The zero-order valence-electron chi connectivity index (χ0n) is 16.6. The number of pyridine rings is 1. The fourth-order valence-corrected chi connectivity index (χ4v) is 3.02. The fraction of sp³-hybridized carbons (Fsp3) is 0.650. The highest BCUT2D eigenvalue weighted by Gasteiger charge is 2.29. The van der Waals surface area contributed by atoms with Crippen LogP contribution < -0.4 is 10.2 Å². The van der Waals surface area contributed by atoms with Crippen LogP contribution in [0.3, 0.4) is 0 Å². The van der Waals surface area contributed by atoms with Gasteiger partial charge in [-0.1, -0.05) is 13.3 Å². The minimum absolute atomic E-state index is 0.0371. The third-order valence-corrected chi connectivity index (χ3v) is 4.25. The van der Waals surface area contributed by atoms with Crippen LogP contribution >= 0.6 is 0 Å². The van der Waals surface area contributed by atoms with Gasteiger partial charge in [0.05, 0.1) is 12.1 Å². The van der Waals surface area contributed by atoms with Crippen LogP contribution in [0.15, 0.2) is 6.07 Å². The standard InChI is InChI=1S/C20H31N3O3/c1-6-7-10-21-17(24)13-15-12-14(2)16-9-8-11-23(18(16)22-15)19(25)26-20(3,4)5/h12H,6-11,13H2,1-5H3,(H,21,24). The number of hydrogen-bond donors (Lipinski definition) is 1. The Labute approximate surface area is 156 Å². The molecule has 0 aliphatic carbocycles. The maximum atomic E-state index is 12.6. The quantitative estimate of drug-likeness (QED) is 0.814. The predicted octanol–water partition coefficient (Wildman–Crippen LogP) is 3.54. The molecule has 0 saturated carbocycles. The van der Waals surface area contributed by atoms with E-state index in [1.165, 1.54) is 0 Å². The number of amides is 2. The highest BCUT2D eigenvalue weighted by molar-refractivity contribution is 5.88. The second-order valence-corrected chi connectivity index (χ2v) is 7.85. The molecule has 2 amide bonds. The van der Waals surface area contributed by atoms with E-state index in [1.807, 2.05) is 33.8 Å². The summed E-state index contributed by atoms with van der Waals surface area (Å²) in [6.07, 6.45) is 3.62. The number of carbonyl (C=O) groups excluding carboxylic acids is 2. The van der Waals surface area contributed by atoms with E-state index in [0.717, 1.165) is 36.8 Å². The van der Waals surface area contributed by atoms with Gasteiger partial charge in [-0.25, -0.2) is 9.78 Å². The molecule has 6 nitrogen and oxygen atoms in total. The second kappa shape index (κ2) is 8.52. The first-order valence-corrected chi connectivity index (χ1v) is 9.48. The van der Waals surface area contributed by atoms with Crippen LogP contribution in [-0.4, -0.2) is 35.7 Å². The summed E-state index contributed by atoms with van der Waals surface area (Å²) in [7, 11) is 0. The van der Waals surface area contributed by atoms with E-state index < -0.39 is 5.60 Å². The molecule has 0 bridgehead atoms. The van der Waals surface area contributed by atoms with Crippen LogP contribution in [0.2, 0.25) is 0 Å². The van der Waals surface area contributed by atoms with Gasteiger partial charge in [0.25, 0.3) is 0 Å². The number of aromatic nitrogens is 1. The van der Waals surface area contributed by atoms with Crippen molar-refractivity contribution in [3.8, 4) is 0 Å². The predicted molar refractivity (Wildman–Crippen MR) is 102 cm³/mol. The topological polar surface area (TPSA) is 71.5 Å². The largest absolute Gasteiger partial charge is 0.443 e. The van der Waals surface area contributed by atoms with Crippen LogP contribution in [0, 0.1) is 6.92 Å². The summed E-state index contributed by atoms with van der Waals surface area (Å²) in [6.45, 7) is 10.9. The lowest BCUT2D eigenvalue weighted by Gasteiger charge is -2.31. The van der Waals surface area contributed by atoms with E-state index in [1.54, 1.807) is 4.90 Å². The number of rotatable bonds is 5. The van der Waals surface area contributed by atoms with Gasteiger partial charge in [0, 0.05) is 13.1 Å². The van der Waals surface area contributed by atoms with Gasteiger partial charge in [-0.2, -0.15) is 0 Å². The second-order valence-electron chi connectivity index (χ2n) is 7.85. The maximum absolute atomic E-state index is 12.6. The SMILES string of the molecule is CCCCNC(=O)Cc1cc(C)c2c(n1)N(C(=O)OC(C)(C)C)CCC2. The molecule has 0 aromatic carbocycles. The molecule has 0 radical (unpaired) electrons. The van der Waals surface area contributed by atoms with Gasteiger partial charge in [-0.05, 0) is 64.2 Å². The normalized spacial score (nSPS) is 14.0. The number of anilines is 1. The van der Waals surface area contributed by atoms with Gasteiger partial charge in [0.1, 0.15) is 11.4 Å². The summed E-state index contributed by atoms with van der Waals surface area (Å²) in [4.78, 5) is 30.9. The minimum atomic E-state index is -0.555. The van der Waals surface area contributed by atoms with E-state index in [0.29, 0.717) is 24.6 Å². The average Bonchev–Trinajstić information content (AvgIpc) is 2.53. The summed E-state index contributed by atoms with van der Waals surface area (Å²) in [5, 5.41) is 2.91. The molecule has 0 unspecified atom stereocenters. The van der Waals surface area contributed by atoms with Crippen molar-refractivity contribution in [2.45, 2.75) is 72.3 Å². The molecule has 1 aromatic rings. The molecule has 144 valence electrons. The van der Waals surface area contributed by atoms with E-state index in [9.17, 15) is 9.59 Å². The minimum Gasteiger partial charge on any atom is -0.443 e. The molecule has 1 aliphatic heterocycles. The van der Waals surface area contributed by atoms with Crippen molar-refractivity contribution in [2.24, 2.45) is 0 Å². The summed E-state index contributed by atoms with van der Waals surface area (Å²) in [6, 6.07) is 1.96. The molecular weight excluding hydrogens is 330 g/mol. The smallest absolute Gasteiger partial charge is 0.416 e. The zero-order chi connectivity index (χ0) is 19.3. The zero-order valence-corrected chi connectivity index (χ0v) is 16.6. The molecule has 26 heavy (non-hydrogen) atoms. The summed E-state index contributed by atoms with van der Waals surface area (Å²) in [5.41, 5.74) is 2.27. The Morgan fingerprint density at radius 1 is 1.35 bits per heavy atom. The number of carbonyl (C=O) groups is 2. The van der Waals surface area contributed by atoms with E-state index >= 15 is 0 Å². The van der Waals surface area contributed by atoms with Crippen LogP contribution in [-0.2, 0) is 22.4 Å². The molecule has 1 aliphatic rings. The van der Waals surface area contributed by atoms with Crippen molar-refractivity contribution in [3.63, 3.8) is 0 Å². The third-order valence-electron chi connectivity index (χ3n) is 4.25. The fourth-order valence-electron chi connectivity index (χ4n) is 3.02. The Morgan fingerprint density at radius 2 is 2.08 bits per heavy atom. The molecule has 0 saturated heterocycles. The van der Waals surface area contributed by atoms with Gasteiger partial charge in [0.2, 0.25) is 5.91 Å². The van der Waals surface area contributed by atoms with Crippen LogP contribution in [0.4, 0.5) is 10.6 Å². The average molecular weight is 361 g/mol. The molecule has 0 spiro atoms. The number of hydrogen-bond acceptors (Lipinski definition) is 4. The highest BCUT2D eigenvalue weighted by Crippen LogP contribution is 2.30. The molecule has 2 rings (SSSR count). The number of nitrogens with one attached hydrogen (secondary N) is 1. The monoisotopic (exact) mass is 361 g/mol. The molecule has 6 heteroatoms. The van der Waals surface area contributed by atoms with Gasteiger partial charge < -0.3 is 10.1 Å². The van der Waals surface area contributed by atoms with Crippen molar-refractivity contribution in [3.05, 3.63) is 22.9 Å². The summed E-state index contributed by atoms with van der Waals surface area (Å²) >= 11 is 0. The van der Waals surface area contributed by atoms with Crippen molar-refractivity contribution in [2.75, 3.05) is 18.0 Å². The van der Waals surface area contributed by atoms with Crippen molar-refractivity contribution < 1.29 is 14.3 Å². The van der Waals surface area contributed by atoms with Gasteiger partial charge in [0.15, 0.2) is 0 Å². The molecule has 1 N–H and O–H groups in total. The summed E-state index contributed by atoms with van der Waals surface area (Å²) < 4.78 is 5.53. The number of unbranched alkanes of at least 4 members (excludes halogenated alkanes) is 1. The number of fused-ring (bicyclic) bond motifs is 1.